The van der Waals surface area contributed by atoms with Crippen molar-refractivity contribution < 1.29 is 14.4 Å². The summed E-state index contributed by atoms with van der Waals surface area (Å²) in [5.41, 5.74) is 0.628. The van der Waals surface area contributed by atoms with Crippen molar-refractivity contribution in [1.29, 1.82) is 0 Å². The Kier molecular flexibility index (Phi) is 5.38. The summed E-state index contributed by atoms with van der Waals surface area (Å²) >= 11 is 6.09. The molecule has 1 fully saturated rings. The molecule has 0 bridgehead atoms. The van der Waals surface area contributed by atoms with E-state index >= 15 is 0 Å². The second-order valence-electron chi connectivity index (χ2n) is 5.13. The fraction of sp³-hybridized carbons (Fsp3) is 0.400. The van der Waals surface area contributed by atoms with Crippen molar-refractivity contribution in [2.45, 2.75) is 13.3 Å². The molecule has 1 unspecified atom stereocenters. The fourth-order valence-electron chi connectivity index (χ4n) is 2.36. The van der Waals surface area contributed by atoms with E-state index in [4.69, 9.17) is 11.6 Å². The van der Waals surface area contributed by atoms with E-state index in [-0.39, 0.29) is 24.1 Å². The predicted molar refractivity (Wildman–Crippen MR) is 83.6 cm³/mol. The zero-order valence-electron chi connectivity index (χ0n) is 12.3. The highest BCUT2D eigenvalue weighted by Crippen LogP contribution is 2.30. The molecule has 2 rings (SSSR count). The molecule has 0 radical (unpaired) electrons. The molecule has 2 N–H and O–H groups in total. The average molecular weight is 324 g/mol. The largest absolute Gasteiger partial charge is 0.355 e. The summed E-state index contributed by atoms with van der Waals surface area (Å²) in [6.45, 7) is 2.44. The van der Waals surface area contributed by atoms with Crippen LogP contribution >= 0.6 is 11.6 Å². The highest BCUT2D eigenvalue weighted by molar-refractivity contribution is 6.33. The molecule has 118 valence electrons. The topological polar surface area (TPSA) is 78.5 Å². The Labute approximate surface area is 133 Å². The Bertz CT molecular complexity index is 591. The number of carbonyl (C=O) groups excluding carboxylic acids is 3. The van der Waals surface area contributed by atoms with Crippen molar-refractivity contribution in [3.8, 4) is 0 Å². The average Bonchev–Trinajstić information content (AvgIpc) is 2.86. The van der Waals surface area contributed by atoms with Gasteiger partial charge in [-0.15, -0.1) is 0 Å². The van der Waals surface area contributed by atoms with Gasteiger partial charge in [-0.2, -0.15) is 0 Å². The molecule has 7 heteroatoms. The van der Waals surface area contributed by atoms with Gasteiger partial charge in [0.05, 0.1) is 16.6 Å². The minimum Gasteiger partial charge on any atom is -0.355 e. The van der Waals surface area contributed by atoms with Crippen LogP contribution < -0.4 is 15.5 Å². The first kappa shape index (κ1) is 16.3. The van der Waals surface area contributed by atoms with Gasteiger partial charge in [-0.05, 0) is 12.1 Å². The zero-order chi connectivity index (χ0) is 16.1. The Morgan fingerprint density at radius 2 is 1.95 bits per heavy atom. The summed E-state index contributed by atoms with van der Waals surface area (Å²) < 4.78 is 0. The van der Waals surface area contributed by atoms with E-state index in [1.165, 1.54) is 6.92 Å². The molecule has 1 aromatic rings. The fourth-order valence-corrected chi connectivity index (χ4v) is 2.59. The van der Waals surface area contributed by atoms with Gasteiger partial charge >= 0.3 is 0 Å². The van der Waals surface area contributed by atoms with Gasteiger partial charge in [-0.3, -0.25) is 14.4 Å². The third-order valence-electron chi connectivity index (χ3n) is 3.44. The van der Waals surface area contributed by atoms with E-state index in [0.29, 0.717) is 30.3 Å². The van der Waals surface area contributed by atoms with Crippen LogP contribution in [0.5, 0.6) is 0 Å². The third kappa shape index (κ3) is 3.98. The number of benzene rings is 1. The third-order valence-corrected chi connectivity index (χ3v) is 3.76. The van der Waals surface area contributed by atoms with Crippen molar-refractivity contribution in [2.75, 3.05) is 24.5 Å². The number of hydrogen-bond donors (Lipinski definition) is 2. The minimum absolute atomic E-state index is 0.116. The predicted octanol–water partition coefficient (Wildman–Crippen LogP) is 0.945. The van der Waals surface area contributed by atoms with Crippen molar-refractivity contribution in [3.63, 3.8) is 0 Å². The van der Waals surface area contributed by atoms with Gasteiger partial charge in [-0.25, -0.2) is 0 Å². The maximum atomic E-state index is 12.1. The summed E-state index contributed by atoms with van der Waals surface area (Å²) in [5.74, 6) is -0.848. The van der Waals surface area contributed by atoms with Gasteiger partial charge in [0.2, 0.25) is 17.7 Å². The number of halogens is 1. The Morgan fingerprint density at radius 3 is 2.64 bits per heavy atom. The second kappa shape index (κ2) is 7.26. The number of carbonyl (C=O) groups is 3. The van der Waals surface area contributed by atoms with E-state index < -0.39 is 5.92 Å². The lowest BCUT2D eigenvalue weighted by molar-refractivity contribution is -0.126. The van der Waals surface area contributed by atoms with Crippen LogP contribution in [0.2, 0.25) is 5.02 Å². The first-order chi connectivity index (χ1) is 10.5. The number of nitrogens with one attached hydrogen (secondary N) is 2. The van der Waals surface area contributed by atoms with Gasteiger partial charge in [0.1, 0.15) is 0 Å². The standard InChI is InChI=1S/C15H18ClN3O3/c1-10(20)17-6-7-18-15(22)11-8-14(21)19(9-11)13-5-3-2-4-12(13)16/h2-5,11H,6-9H2,1H3,(H,17,20)(H,18,22). The van der Waals surface area contributed by atoms with Crippen LogP contribution in [0.25, 0.3) is 0 Å². The SMILES string of the molecule is CC(=O)NCCNC(=O)C1CC(=O)N(c2ccccc2Cl)C1. The summed E-state index contributed by atoms with van der Waals surface area (Å²) in [4.78, 5) is 36.4. The molecule has 0 aliphatic carbocycles. The molecule has 1 aliphatic heterocycles. The normalized spacial score (nSPS) is 17.5. The van der Waals surface area contributed by atoms with Gasteiger partial charge in [-0.1, -0.05) is 23.7 Å². The summed E-state index contributed by atoms with van der Waals surface area (Å²) in [5, 5.41) is 5.80. The molecule has 1 heterocycles. The molecule has 22 heavy (non-hydrogen) atoms. The molecule has 1 aliphatic rings. The lowest BCUT2D eigenvalue weighted by Gasteiger charge is -2.18. The van der Waals surface area contributed by atoms with E-state index in [1.807, 2.05) is 0 Å². The lowest BCUT2D eigenvalue weighted by Crippen LogP contribution is -2.38. The summed E-state index contributed by atoms with van der Waals surface area (Å²) in [6, 6.07) is 7.07. The lowest BCUT2D eigenvalue weighted by atomic mass is 10.1. The Morgan fingerprint density at radius 1 is 1.27 bits per heavy atom. The number of nitrogens with zero attached hydrogens (tertiary/aromatic N) is 1. The van der Waals surface area contributed by atoms with Gasteiger partial charge in [0.15, 0.2) is 0 Å². The Balaban J connectivity index is 1.90. The highest BCUT2D eigenvalue weighted by atomic mass is 35.5. The smallest absolute Gasteiger partial charge is 0.227 e. The number of rotatable bonds is 5. The Hall–Kier alpha value is -2.08. The second-order valence-corrected chi connectivity index (χ2v) is 5.54. The van der Waals surface area contributed by atoms with E-state index in [2.05, 4.69) is 10.6 Å². The maximum Gasteiger partial charge on any atom is 0.227 e. The van der Waals surface area contributed by atoms with Crippen LogP contribution in [0.3, 0.4) is 0 Å². The first-order valence-electron chi connectivity index (χ1n) is 7.06. The summed E-state index contributed by atoms with van der Waals surface area (Å²) in [7, 11) is 0. The van der Waals surface area contributed by atoms with Crippen molar-refractivity contribution >= 4 is 35.0 Å². The maximum absolute atomic E-state index is 12.1. The van der Waals surface area contributed by atoms with Crippen molar-refractivity contribution in [3.05, 3.63) is 29.3 Å². The molecule has 1 atom stereocenters. The molecule has 1 aromatic carbocycles. The first-order valence-corrected chi connectivity index (χ1v) is 7.44. The molecular formula is C15H18ClN3O3. The van der Waals surface area contributed by atoms with Gasteiger partial charge in [0, 0.05) is 33.0 Å². The van der Waals surface area contributed by atoms with E-state index in [1.54, 1.807) is 29.2 Å². The number of amides is 3. The van der Waals surface area contributed by atoms with Crippen LogP contribution in [-0.4, -0.2) is 37.4 Å². The van der Waals surface area contributed by atoms with Gasteiger partial charge < -0.3 is 15.5 Å². The van der Waals surface area contributed by atoms with Crippen LogP contribution in [0.15, 0.2) is 24.3 Å². The van der Waals surface area contributed by atoms with Crippen LogP contribution in [0.4, 0.5) is 5.69 Å². The quantitative estimate of drug-likeness (QED) is 0.792. The zero-order valence-corrected chi connectivity index (χ0v) is 13.0. The van der Waals surface area contributed by atoms with Crippen molar-refractivity contribution in [2.24, 2.45) is 5.92 Å². The minimum atomic E-state index is -0.402. The molecule has 0 spiro atoms. The summed E-state index contributed by atoms with van der Waals surface area (Å²) in [6.07, 6.45) is 0.164. The van der Waals surface area contributed by atoms with Crippen molar-refractivity contribution in [1.82, 2.24) is 10.6 Å². The molecule has 3 amide bonds. The monoisotopic (exact) mass is 323 g/mol. The van der Waals surface area contributed by atoms with E-state index in [0.717, 1.165) is 0 Å². The van der Waals surface area contributed by atoms with Crippen LogP contribution in [0.1, 0.15) is 13.3 Å². The number of hydrogen-bond acceptors (Lipinski definition) is 3. The highest BCUT2D eigenvalue weighted by Gasteiger charge is 2.35. The number of anilines is 1. The van der Waals surface area contributed by atoms with Gasteiger partial charge in [0.25, 0.3) is 0 Å². The number of para-hydroxylation sites is 1. The molecular weight excluding hydrogens is 306 g/mol. The van der Waals surface area contributed by atoms with E-state index in [9.17, 15) is 14.4 Å². The molecule has 1 saturated heterocycles. The van der Waals surface area contributed by atoms with Crippen LogP contribution in [-0.2, 0) is 14.4 Å². The molecule has 0 saturated carbocycles. The molecule has 6 nitrogen and oxygen atoms in total. The van der Waals surface area contributed by atoms with Crippen LogP contribution in [0, 0.1) is 5.92 Å². The molecule has 0 aromatic heterocycles.